The highest BCUT2D eigenvalue weighted by molar-refractivity contribution is 6.30. The van der Waals surface area contributed by atoms with E-state index in [4.69, 9.17) is 16.3 Å². The molecule has 1 heterocycles. The molecular weight excluding hydrogens is 350 g/mol. The molecule has 1 aliphatic rings. The summed E-state index contributed by atoms with van der Waals surface area (Å²) in [7, 11) is 0. The van der Waals surface area contributed by atoms with E-state index >= 15 is 0 Å². The first-order valence-corrected chi connectivity index (χ1v) is 9.00. The van der Waals surface area contributed by atoms with Crippen LogP contribution in [0.25, 0.3) is 0 Å². The van der Waals surface area contributed by atoms with Crippen molar-refractivity contribution in [2.75, 3.05) is 26.3 Å². The van der Waals surface area contributed by atoms with Gasteiger partial charge in [-0.25, -0.2) is 5.43 Å². The molecule has 3 rings (SSSR count). The van der Waals surface area contributed by atoms with Gasteiger partial charge in [-0.05, 0) is 30.7 Å². The smallest absolute Gasteiger partial charge is 0.271 e. The highest BCUT2D eigenvalue weighted by Gasteiger charge is 2.25. The molecule has 1 saturated heterocycles. The van der Waals surface area contributed by atoms with Crippen LogP contribution in [0.1, 0.15) is 28.9 Å². The second kappa shape index (κ2) is 8.94. The number of rotatable bonds is 5. The Morgan fingerprint density at radius 3 is 2.58 bits per heavy atom. The molecule has 0 saturated carbocycles. The van der Waals surface area contributed by atoms with Crippen LogP contribution in [-0.4, -0.2) is 42.8 Å². The van der Waals surface area contributed by atoms with Crippen LogP contribution in [0, 0.1) is 0 Å². The third-order valence-corrected chi connectivity index (χ3v) is 4.58. The van der Waals surface area contributed by atoms with Crippen LogP contribution in [0.15, 0.2) is 59.7 Å². The van der Waals surface area contributed by atoms with Gasteiger partial charge < -0.3 is 4.74 Å². The van der Waals surface area contributed by atoms with Crippen LogP contribution in [0.2, 0.25) is 5.02 Å². The Morgan fingerprint density at radius 2 is 1.88 bits per heavy atom. The maximum absolute atomic E-state index is 12.3. The van der Waals surface area contributed by atoms with Crippen molar-refractivity contribution in [1.29, 1.82) is 0 Å². The molecule has 0 bridgehead atoms. The van der Waals surface area contributed by atoms with E-state index in [9.17, 15) is 4.79 Å². The zero-order valence-corrected chi connectivity index (χ0v) is 15.4. The Bertz CT molecular complexity index is 774. The van der Waals surface area contributed by atoms with E-state index in [-0.39, 0.29) is 11.9 Å². The zero-order chi connectivity index (χ0) is 18.4. The topological polar surface area (TPSA) is 53.9 Å². The van der Waals surface area contributed by atoms with Crippen LogP contribution >= 0.6 is 11.6 Å². The summed E-state index contributed by atoms with van der Waals surface area (Å²) in [5, 5.41) is 4.90. The molecule has 6 heteroatoms. The quantitative estimate of drug-likeness (QED) is 0.646. The second-order valence-corrected chi connectivity index (χ2v) is 6.60. The lowest BCUT2D eigenvalue weighted by molar-refractivity contribution is 0.0285. The van der Waals surface area contributed by atoms with Crippen molar-refractivity contribution in [2.45, 2.75) is 13.0 Å². The molecular formula is C20H22ClN3O2. The Hall–Kier alpha value is -2.21. The highest BCUT2D eigenvalue weighted by atomic mass is 35.5. The van der Waals surface area contributed by atoms with E-state index in [1.54, 1.807) is 24.3 Å². The molecule has 0 aromatic heterocycles. The number of carbonyl (C=O) groups is 1. The SMILES string of the molecule is C/C(=N/NC(=O)c1cccc(Cl)c1)[C@@H](c1ccccc1)N1CCOCC1. The Balaban J connectivity index is 1.79. The van der Waals surface area contributed by atoms with E-state index in [2.05, 4.69) is 27.6 Å². The molecule has 2 aromatic carbocycles. The van der Waals surface area contributed by atoms with Crippen molar-refractivity contribution < 1.29 is 9.53 Å². The van der Waals surface area contributed by atoms with Crippen molar-refractivity contribution in [3.63, 3.8) is 0 Å². The van der Waals surface area contributed by atoms with Crippen molar-refractivity contribution >= 4 is 23.2 Å². The largest absolute Gasteiger partial charge is 0.379 e. The van der Waals surface area contributed by atoms with Crippen LogP contribution in [0.4, 0.5) is 0 Å². The first kappa shape index (κ1) is 18.6. The van der Waals surface area contributed by atoms with Crippen molar-refractivity contribution in [3.05, 3.63) is 70.7 Å². The molecule has 0 spiro atoms. The zero-order valence-electron chi connectivity index (χ0n) is 14.7. The van der Waals surface area contributed by atoms with Crippen LogP contribution < -0.4 is 5.43 Å². The van der Waals surface area contributed by atoms with Crippen molar-refractivity contribution in [1.82, 2.24) is 10.3 Å². The summed E-state index contributed by atoms with van der Waals surface area (Å²) in [4.78, 5) is 14.6. The lowest BCUT2D eigenvalue weighted by atomic mass is 10.0. The summed E-state index contributed by atoms with van der Waals surface area (Å²) in [6.07, 6.45) is 0. The van der Waals surface area contributed by atoms with Gasteiger partial charge in [-0.2, -0.15) is 5.10 Å². The summed E-state index contributed by atoms with van der Waals surface area (Å²) in [5.74, 6) is -0.277. The molecule has 0 aliphatic carbocycles. The predicted molar refractivity (Wildman–Crippen MR) is 104 cm³/mol. The van der Waals surface area contributed by atoms with E-state index in [0.717, 1.165) is 24.4 Å². The fraction of sp³-hybridized carbons (Fsp3) is 0.300. The van der Waals surface area contributed by atoms with Gasteiger partial charge >= 0.3 is 0 Å². The summed E-state index contributed by atoms with van der Waals surface area (Å²) in [5.41, 5.74) is 5.10. The summed E-state index contributed by atoms with van der Waals surface area (Å²) >= 11 is 5.95. The number of carbonyl (C=O) groups excluding carboxylic acids is 1. The number of hydrogen-bond donors (Lipinski definition) is 1. The minimum absolute atomic E-state index is 0.000221. The summed E-state index contributed by atoms with van der Waals surface area (Å²) < 4.78 is 5.47. The van der Waals surface area contributed by atoms with Gasteiger partial charge in [0.2, 0.25) is 0 Å². The lowest BCUT2D eigenvalue weighted by Gasteiger charge is -2.34. The highest BCUT2D eigenvalue weighted by Crippen LogP contribution is 2.23. The maximum atomic E-state index is 12.3. The van der Waals surface area contributed by atoms with Crippen molar-refractivity contribution in [3.8, 4) is 0 Å². The molecule has 1 N–H and O–H groups in total. The number of ether oxygens (including phenoxy) is 1. The Morgan fingerprint density at radius 1 is 1.15 bits per heavy atom. The molecule has 1 fully saturated rings. The van der Waals surface area contributed by atoms with Crippen LogP contribution in [0.3, 0.4) is 0 Å². The molecule has 2 aromatic rings. The second-order valence-electron chi connectivity index (χ2n) is 6.17. The molecule has 0 unspecified atom stereocenters. The van der Waals surface area contributed by atoms with Crippen molar-refractivity contribution in [2.24, 2.45) is 5.10 Å². The molecule has 1 aliphatic heterocycles. The molecule has 0 radical (unpaired) electrons. The fourth-order valence-electron chi connectivity index (χ4n) is 3.08. The number of morpholine rings is 1. The first-order valence-electron chi connectivity index (χ1n) is 8.62. The van der Waals surface area contributed by atoms with Gasteiger partial charge in [-0.1, -0.05) is 48.0 Å². The number of hydrogen-bond acceptors (Lipinski definition) is 4. The van der Waals surface area contributed by atoms with Crippen LogP contribution in [0.5, 0.6) is 0 Å². The van der Waals surface area contributed by atoms with E-state index in [0.29, 0.717) is 23.8 Å². The predicted octanol–water partition coefficient (Wildman–Crippen LogP) is 3.52. The molecule has 136 valence electrons. The monoisotopic (exact) mass is 371 g/mol. The first-order chi connectivity index (χ1) is 12.6. The van der Waals surface area contributed by atoms with E-state index in [1.165, 1.54) is 0 Å². The number of hydrazone groups is 1. The number of nitrogens with zero attached hydrogens (tertiary/aromatic N) is 2. The fourth-order valence-corrected chi connectivity index (χ4v) is 3.27. The normalized spacial score (nSPS) is 16.9. The minimum atomic E-state index is -0.277. The third-order valence-electron chi connectivity index (χ3n) is 4.34. The number of nitrogens with one attached hydrogen (secondary N) is 1. The Kier molecular flexibility index (Phi) is 6.39. The van der Waals surface area contributed by atoms with Gasteiger partial charge in [0.05, 0.1) is 25.0 Å². The molecule has 5 nitrogen and oxygen atoms in total. The maximum Gasteiger partial charge on any atom is 0.271 e. The van der Waals surface area contributed by atoms with Gasteiger partial charge in [0.15, 0.2) is 0 Å². The van der Waals surface area contributed by atoms with E-state index in [1.807, 2.05) is 25.1 Å². The standard InChI is InChI=1S/C20H22ClN3O2/c1-15(22-23-20(25)17-8-5-9-18(21)14-17)19(16-6-3-2-4-7-16)24-10-12-26-13-11-24/h2-9,14,19H,10-13H2,1H3,(H,23,25)/b22-15-/t19-/m0/s1. The van der Waals surface area contributed by atoms with E-state index < -0.39 is 0 Å². The average Bonchev–Trinajstić information content (AvgIpc) is 2.68. The molecule has 26 heavy (non-hydrogen) atoms. The summed E-state index contributed by atoms with van der Waals surface area (Å²) in [6.45, 7) is 4.99. The molecule has 1 atom stereocenters. The third kappa shape index (κ3) is 4.69. The number of halogens is 1. The average molecular weight is 372 g/mol. The molecule has 1 amide bonds. The Labute approximate surface area is 158 Å². The van der Waals surface area contributed by atoms with Gasteiger partial charge in [0, 0.05) is 23.7 Å². The van der Waals surface area contributed by atoms with Gasteiger partial charge in [-0.3, -0.25) is 9.69 Å². The van der Waals surface area contributed by atoms with Gasteiger partial charge in [0.25, 0.3) is 5.91 Å². The summed E-state index contributed by atoms with van der Waals surface area (Å²) in [6, 6.07) is 17.0. The number of amides is 1. The lowest BCUT2D eigenvalue weighted by Crippen LogP contribution is -2.42. The van der Waals surface area contributed by atoms with Crippen LogP contribution in [-0.2, 0) is 4.74 Å². The number of benzene rings is 2. The van der Waals surface area contributed by atoms with Gasteiger partial charge in [0.1, 0.15) is 0 Å². The van der Waals surface area contributed by atoms with Gasteiger partial charge in [-0.15, -0.1) is 0 Å². The minimum Gasteiger partial charge on any atom is -0.379 e.